The van der Waals surface area contributed by atoms with Gasteiger partial charge in [-0.1, -0.05) is 230 Å². The smallest absolute Gasteiger partial charge is 0.0128 e. The van der Waals surface area contributed by atoms with Gasteiger partial charge in [0.2, 0.25) is 0 Å². The number of unbranched alkanes of at least 4 members (excludes halogenated alkanes) is 3. The Kier molecular flexibility index (Phi) is 66.6. The summed E-state index contributed by atoms with van der Waals surface area (Å²) in [5.41, 5.74) is 7.01. The number of hydrogen-bond acceptors (Lipinski definition) is 2. The molecule has 0 aromatic heterocycles. The zero-order valence-electron chi connectivity index (χ0n) is 45.0. The van der Waals surface area contributed by atoms with Gasteiger partial charge in [-0.2, -0.15) is 0 Å². The molecule has 0 fully saturated rings. The lowest BCUT2D eigenvalue weighted by Gasteiger charge is -2.32. The summed E-state index contributed by atoms with van der Waals surface area (Å²) in [4.78, 5) is 0. The van der Waals surface area contributed by atoms with E-state index in [0.29, 0.717) is 5.41 Å². The van der Waals surface area contributed by atoms with E-state index in [1.54, 1.807) is 0 Å². The van der Waals surface area contributed by atoms with E-state index < -0.39 is 0 Å². The van der Waals surface area contributed by atoms with E-state index in [1.807, 2.05) is 69.2 Å². The Morgan fingerprint density at radius 3 is 1.43 bits per heavy atom. The first-order chi connectivity index (χ1) is 26.6. The summed E-state index contributed by atoms with van der Waals surface area (Å²) >= 11 is 0. The van der Waals surface area contributed by atoms with Crippen LogP contribution in [-0.2, 0) is 0 Å². The van der Waals surface area contributed by atoms with Crippen molar-refractivity contribution in [3.8, 4) is 0 Å². The van der Waals surface area contributed by atoms with Crippen LogP contribution in [0.15, 0.2) is 0 Å². The highest BCUT2D eigenvalue weighted by molar-refractivity contribution is 4.81. The van der Waals surface area contributed by atoms with Gasteiger partial charge in [0.25, 0.3) is 0 Å². The maximum absolute atomic E-state index is 6.51. The minimum Gasteiger partial charge on any atom is -0.325 e. The Hall–Kier alpha value is -0.0800. The highest BCUT2D eigenvalue weighted by atomic mass is 14.8. The molecule has 0 amide bonds. The van der Waals surface area contributed by atoms with Crippen molar-refractivity contribution < 1.29 is 0 Å². The van der Waals surface area contributed by atoms with Gasteiger partial charge < -0.3 is 11.1 Å². The molecule has 2 heteroatoms. The summed E-state index contributed by atoms with van der Waals surface area (Å²) in [5.74, 6) is 5.96. The van der Waals surface area contributed by atoms with Gasteiger partial charge in [0, 0.05) is 5.54 Å². The molecule has 0 aromatic carbocycles. The van der Waals surface area contributed by atoms with E-state index in [2.05, 4.69) is 102 Å². The van der Waals surface area contributed by atoms with Crippen LogP contribution >= 0.6 is 0 Å². The zero-order valence-corrected chi connectivity index (χ0v) is 45.0. The van der Waals surface area contributed by atoms with Crippen LogP contribution in [0.3, 0.4) is 0 Å². The third-order valence-electron chi connectivity index (χ3n) is 11.7. The molecule has 0 heterocycles. The van der Waals surface area contributed by atoms with Gasteiger partial charge in [-0.25, -0.2) is 0 Å². The van der Waals surface area contributed by atoms with Crippen LogP contribution in [0.25, 0.3) is 0 Å². The standard InChI is InChI=1S/C35H73N.C9H21N.5C2H6/c1-13-23-35(12,36)26-29(7)17-16-24-34(10,11)25-22-28(6)18-21-33(30(8)14-2)31(9)19-20-32(15-3)27(4)5;1-3-5-7-9-10-8-6-4-2;5*1-2/h27-33H,13-26,36H2,1-12H3;10H,3-9H2,1-2H3;5*1-2H3/t28?,29?,30?,31?,32?,33?,35-;;;;;;/m1....../s1. The van der Waals surface area contributed by atoms with Gasteiger partial charge in [-0.05, 0) is 118 Å². The molecule has 0 bridgehead atoms. The molecule has 0 aromatic rings. The second kappa shape index (κ2) is 52.9. The van der Waals surface area contributed by atoms with Crippen molar-refractivity contribution in [1.29, 1.82) is 0 Å². The minimum absolute atomic E-state index is 0.0237. The van der Waals surface area contributed by atoms with Crippen LogP contribution in [0.5, 0.6) is 0 Å². The normalized spacial score (nSPS) is 14.9. The maximum Gasteiger partial charge on any atom is 0.0128 e. The van der Waals surface area contributed by atoms with Gasteiger partial charge in [0.05, 0.1) is 0 Å². The summed E-state index contributed by atoms with van der Waals surface area (Å²) in [6.45, 7) is 56.1. The second-order valence-electron chi connectivity index (χ2n) is 17.8. The molecule has 350 valence electrons. The lowest BCUT2D eigenvalue weighted by molar-refractivity contribution is 0.185. The molecule has 6 unspecified atom stereocenters. The first-order valence-corrected chi connectivity index (χ1v) is 26.1. The van der Waals surface area contributed by atoms with E-state index in [-0.39, 0.29) is 5.54 Å². The molecule has 0 aliphatic rings. The van der Waals surface area contributed by atoms with Gasteiger partial charge in [0.15, 0.2) is 0 Å². The molecule has 0 aliphatic heterocycles. The van der Waals surface area contributed by atoms with E-state index in [4.69, 9.17) is 5.73 Å². The molecule has 2 nitrogen and oxygen atoms in total. The number of hydrogen-bond donors (Lipinski definition) is 2. The van der Waals surface area contributed by atoms with Gasteiger partial charge in [0.1, 0.15) is 0 Å². The number of rotatable bonds is 29. The lowest BCUT2D eigenvalue weighted by Crippen LogP contribution is -2.37. The largest absolute Gasteiger partial charge is 0.325 e. The van der Waals surface area contributed by atoms with Crippen LogP contribution in [0.4, 0.5) is 0 Å². The first-order valence-electron chi connectivity index (χ1n) is 26.1. The van der Waals surface area contributed by atoms with Crippen LogP contribution in [-0.4, -0.2) is 18.6 Å². The van der Waals surface area contributed by atoms with Gasteiger partial charge >= 0.3 is 0 Å². The first kappa shape index (κ1) is 70.5. The quantitative estimate of drug-likeness (QED) is 0.0740. The van der Waals surface area contributed by atoms with E-state index in [9.17, 15) is 0 Å². The summed E-state index contributed by atoms with van der Waals surface area (Å²) < 4.78 is 0. The average molecular weight is 802 g/mol. The summed E-state index contributed by atoms with van der Waals surface area (Å²) in [5, 5.41) is 3.42. The Morgan fingerprint density at radius 2 is 0.982 bits per heavy atom. The summed E-state index contributed by atoms with van der Waals surface area (Å²) in [7, 11) is 0. The Labute approximate surface area is 363 Å². The lowest BCUT2D eigenvalue weighted by atomic mass is 9.73. The molecule has 56 heavy (non-hydrogen) atoms. The van der Waals surface area contributed by atoms with E-state index >= 15 is 0 Å². The van der Waals surface area contributed by atoms with E-state index in [1.165, 1.54) is 129 Å². The fourth-order valence-corrected chi connectivity index (χ4v) is 7.94. The fourth-order valence-electron chi connectivity index (χ4n) is 7.94. The molecule has 0 aliphatic carbocycles. The van der Waals surface area contributed by atoms with Crippen molar-refractivity contribution in [2.75, 3.05) is 13.1 Å². The van der Waals surface area contributed by atoms with Crippen LogP contribution in [0.1, 0.15) is 288 Å². The number of nitrogens with two attached hydrogens (primary N) is 1. The van der Waals surface area contributed by atoms with Gasteiger partial charge in [-0.15, -0.1) is 0 Å². The SMILES string of the molecule is CC.CC.CC.CC.CC.CCCCCNCCCC.CCC[C@@](C)(N)CC(C)CCCC(C)(C)CCC(C)CCC(C(C)CC)C(C)CCC(CC)C(C)C. The topological polar surface area (TPSA) is 38.0 Å². The molecule has 3 N–H and O–H groups in total. The third kappa shape index (κ3) is 50.1. The van der Waals surface area contributed by atoms with Crippen molar-refractivity contribution in [1.82, 2.24) is 5.32 Å². The molecule has 0 saturated carbocycles. The average Bonchev–Trinajstić information content (AvgIpc) is 3.19. The maximum atomic E-state index is 6.51. The molecule has 0 saturated heterocycles. The van der Waals surface area contributed by atoms with Crippen LogP contribution in [0.2, 0.25) is 0 Å². The zero-order chi connectivity index (χ0) is 45.6. The molecule has 0 rings (SSSR count). The predicted molar refractivity (Wildman–Crippen MR) is 271 cm³/mol. The van der Waals surface area contributed by atoms with Crippen LogP contribution < -0.4 is 11.1 Å². The van der Waals surface area contributed by atoms with Gasteiger partial charge in [-0.3, -0.25) is 0 Å². The summed E-state index contributed by atoms with van der Waals surface area (Å²) in [6, 6.07) is 0. The fraction of sp³-hybridized carbons (Fsp3) is 1.00. The Bertz CT molecular complexity index is 630. The van der Waals surface area contributed by atoms with Crippen molar-refractivity contribution in [2.45, 2.75) is 294 Å². The highest BCUT2D eigenvalue weighted by Gasteiger charge is 2.26. The van der Waals surface area contributed by atoms with Crippen molar-refractivity contribution in [3.05, 3.63) is 0 Å². The van der Waals surface area contributed by atoms with Crippen molar-refractivity contribution in [3.63, 3.8) is 0 Å². The van der Waals surface area contributed by atoms with Crippen molar-refractivity contribution in [2.24, 2.45) is 52.6 Å². The third-order valence-corrected chi connectivity index (χ3v) is 11.7. The monoisotopic (exact) mass is 801 g/mol. The molecular weight excluding hydrogens is 677 g/mol. The van der Waals surface area contributed by atoms with Crippen LogP contribution in [0, 0.1) is 46.8 Å². The Balaban J connectivity index is -0.000000200. The van der Waals surface area contributed by atoms with E-state index in [0.717, 1.165) is 47.8 Å². The second-order valence-corrected chi connectivity index (χ2v) is 17.8. The molecule has 7 atom stereocenters. The predicted octanol–water partition coefficient (Wildman–Crippen LogP) is 19.4. The minimum atomic E-state index is 0.0237. The number of nitrogens with one attached hydrogen (secondary N) is 1. The van der Waals surface area contributed by atoms with Crippen molar-refractivity contribution >= 4 is 0 Å². The molecule has 0 radical (unpaired) electrons. The molecule has 0 spiro atoms. The highest BCUT2D eigenvalue weighted by Crippen LogP contribution is 2.37. The Morgan fingerprint density at radius 1 is 0.464 bits per heavy atom. The molecular formula is C54H124N2. The summed E-state index contributed by atoms with van der Waals surface area (Å²) in [6.07, 6.45) is 25.4.